The van der Waals surface area contributed by atoms with Crippen LogP contribution < -0.4 is 10.0 Å². The Morgan fingerprint density at radius 1 is 1.27 bits per heavy atom. The van der Waals surface area contributed by atoms with Crippen molar-refractivity contribution in [3.8, 4) is 0 Å². The Balaban J connectivity index is 1.74. The van der Waals surface area contributed by atoms with E-state index < -0.39 is 22.0 Å². The molecule has 10 heteroatoms. The van der Waals surface area contributed by atoms with Crippen molar-refractivity contribution < 1.29 is 17.7 Å². The molecule has 0 radical (unpaired) electrons. The second kappa shape index (κ2) is 6.78. The Morgan fingerprint density at radius 2 is 2.00 bits per heavy atom. The van der Waals surface area contributed by atoms with Crippen LogP contribution in [0.4, 0.5) is 5.69 Å². The first-order chi connectivity index (χ1) is 12.2. The summed E-state index contributed by atoms with van der Waals surface area (Å²) in [7, 11) is -3.92. The number of carbonyl (C=O) groups is 1. The lowest BCUT2D eigenvalue weighted by Crippen LogP contribution is -2.41. The topological polar surface area (TPSA) is 114 Å². The molecule has 1 aromatic carbocycles. The Bertz CT molecular complexity index is 1070. The SMILES string of the molecule is Cc1nc2ccc(NC(=O)[C@H](C)NS(=O)(=O)c3c(C)noc3C)cc2s1. The highest BCUT2D eigenvalue weighted by molar-refractivity contribution is 7.89. The monoisotopic (exact) mass is 394 g/mol. The van der Waals surface area contributed by atoms with Crippen LogP contribution in [-0.4, -0.2) is 30.5 Å². The van der Waals surface area contributed by atoms with Crippen LogP contribution in [0.1, 0.15) is 23.4 Å². The van der Waals surface area contributed by atoms with Crippen molar-refractivity contribution >= 4 is 43.2 Å². The zero-order chi connectivity index (χ0) is 19.1. The minimum Gasteiger partial charge on any atom is -0.360 e. The van der Waals surface area contributed by atoms with E-state index >= 15 is 0 Å². The van der Waals surface area contributed by atoms with Crippen LogP contribution in [0.15, 0.2) is 27.6 Å². The number of hydrogen-bond donors (Lipinski definition) is 2. The molecule has 0 spiro atoms. The highest BCUT2D eigenvalue weighted by Crippen LogP contribution is 2.25. The highest BCUT2D eigenvalue weighted by atomic mass is 32.2. The predicted octanol–water partition coefficient (Wildman–Crippen LogP) is 2.52. The number of anilines is 1. The molecule has 0 saturated heterocycles. The summed E-state index contributed by atoms with van der Waals surface area (Å²) in [5.41, 5.74) is 1.68. The molecule has 0 saturated carbocycles. The summed E-state index contributed by atoms with van der Waals surface area (Å²) < 4.78 is 33.2. The second-order valence-electron chi connectivity index (χ2n) is 5.90. The van der Waals surface area contributed by atoms with Gasteiger partial charge < -0.3 is 9.84 Å². The number of nitrogens with zero attached hydrogens (tertiary/aromatic N) is 2. The van der Waals surface area contributed by atoms with Gasteiger partial charge in [-0.3, -0.25) is 4.79 Å². The lowest BCUT2D eigenvalue weighted by atomic mass is 10.2. The summed E-state index contributed by atoms with van der Waals surface area (Å²) in [6.45, 7) is 6.42. The molecule has 1 amide bonds. The first-order valence-electron chi connectivity index (χ1n) is 7.80. The first-order valence-corrected chi connectivity index (χ1v) is 10.1. The van der Waals surface area contributed by atoms with Crippen LogP contribution in [0.25, 0.3) is 10.2 Å². The van der Waals surface area contributed by atoms with E-state index in [9.17, 15) is 13.2 Å². The quantitative estimate of drug-likeness (QED) is 0.687. The molecule has 0 bridgehead atoms. The highest BCUT2D eigenvalue weighted by Gasteiger charge is 2.28. The van der Waals surface area contributed by atoms with Crippen LogP contribution in [0.2, 0.25) is 0 Å². The number of thiazole rings is 1. The maximum Gasteiger partial charge on any atom is 0.246 e. The molecule has 3 aromatic rings. The van der Waals surface area contributed by atoms with Gasteiger partial charge in [0, 0.05) is 5.69 Å². The number of nitrogens with one attached hydrogen (secondary N) is 2. The largest absolute Gasteiger partial charge is 0.360 e. The van der Waals surface area contributed by atoms with Crippen molar-refractivity contribution in [1.82, 2.24) is 14.9 Å². The van der Waals surface area contributed by atoms with E-state index in [1.54, 1.807) is 6.07 Å². The van der Waals surface area contributed by atoms with Crippen LogP contribution in [0.3, 0.4) is 0 Å². The molecule has 0 aliphatic rings. The predicted molar refractivity (Wildman–Crippen MR) is 98.7 cm³/mol. The van der Waals surface area contributed by atoms with Gasteiger partial charge >= 0.3 is 0 Å². The molecule has 2 aromatic heterocycles. The number of aryl methyl sites for hydroxylation is 3. The standard InChI is InChI=1S/C16H18N4O4S2/c1-8-15(10(3)24-19-8)26(22,23)20-9(2)16(21)18-12-5-6-13-14(7-12)25-11(4)17-13/h5-7,9,20H,1-4H3,(H,18,21)/t9-/m0/s1. The number of aromatic nitrogens is 2. The van der Waals surface area contributed by atoms with Crippen LogP contribution in [0, 0.1) is 20.8 Å². The third-order valence-corrected chi connectivity index (χ3v) is 6.44. The van der Waals surface area contributed by atoms with Crippen molar-refractivity contribution in [2.24, 2.45) is 0 Å². The van der Waals surface area contributed by atoms with Gasteiger partial charge in [0.1, 0.15) is 10.6 Å². The average molecular weight is 394 g/mol. The average Bonchev–Trinajstić information content (AvgIpc) is 3.07. The summed E-state index contributed by atoms with van der Waals surface area (Å²) in [6, 6.07) is 4.38. The number of hydrogen-bond acceptors (Lipinski definition) is 7. The molecule has 0 aliphatic carbocycles. The first kappa shape index (κ1) is 18.5. The van der Waals surface area contributed by atoms with Crippen LogP contribution in [0.5, 0.6) is 0 Å². The van der Waals surface area contributed by atoms with E-state index in [-0.39, 0.29) is 16.3 Å². The van der Waals surface area contributed by atoms with Crippen molar-refractivity contribution in [3.05, 3.63) is 34.7 Å². The van der Waals surface area contributed by atoms with Crippen molar-refractivity contribution in [3.63, 3.8) is 0 Å². The van der Waals surface area contributed by atoms with E-state index in [1.807, 2.05) is 19.1 Å². The molecule has 3 rings (SSSR count). The Hall–Kier alpha value is -2.30. The molecule has 26 heavy (non-hydrogen) atoms. The van der Waals surface area contributed by atoms with Gasteiger partial charge in [-0.1, -0.05) is 5.16 Å². The molecule has 0 aliphatic heterocycles. The fraction of sp³-hybridized carbons (Fsp3) is 0.312. The van der Waals surface area contributed by atoms with Gasteiger partial charge in [0.15, 0.2) is 5.76 Å². The summed E-state index contributed by atoms with van der Waals surface area (Å²) >= 11 is 1.52. The van der Waals surface area contributed by atoms with Gasteiger partial charge in [0.05, 0.1) is 21.3 Å². The number of amides is 1. The summed E-state index contributed by atoms with van der Waals surface area (Å²) in [6.07, 6.45) is 0. The second-order valence-corrected chi connectivity index (χ2v) is 8.79. The molecule has 138 valence electrons. The minimum atomic E-state index is -3.92. The lowest BCUT2D eigenvalue weighted by molar-refractivity contribution is -0.117. The molecule has 8 nitrogen and oxygen atoms in total. The third-order valence-electron chi connectivity index (χ3n) is 3.72. The number of sulfonamides is 1. The number of fused-ring (bicyclic) bond motifs is 1. The summed E-state index contributed by atoms with van der Waals surface area (Å²) in [5.74, 6) is -0.297. The van der Waals surface area contributed by atoms with E-state index in [0.29, 0.717) is 5.69 Å². The Labute approximate surface area is 154 Å². The Kier molecular flexibility index (Phi) is 4.82. The fourth-order valence-electron chi connectivity index (χ4n) is 2.57. The summed E-state index contributed by atoms with van der Waals surface area (Å²) in [4.78, 5) is 16.7. The molecule has 1 atom stereocenters. The minimum absolute atomic E-state index is 0.0429. The number of carbonyl (C=O) groups excluding carboxylic acids is 1. The summed E-state index contributed by atoms with van der Waals surface area (Å²) in [5, 5.41) is 7.28. The maximum absolute atomic E-state index is 12.5. The van der Waals surface area contributed by atoms with E-state index in [2.05, 4.69) is 20.2 Å². The zero-order valence-corrected chi connectivity index (χ0v) is 16.3. The normalized spacial score (nSPS) is 13.1. The van der Waals surface area contributed by atoms with Gasteiger partial charge in [-0.15, -0.1) is 11.3 Å². The molecular weight excluding hydrogens is 376 g/mol. The molecule has 0 unspecified atom stereocenters. The lowest BCUT2D eigenvalue weighted by Gasteiger charge is -2.14. The maximum atomic E-state index is 12.5. The molecule has 2 N–H and O–H groups in total. The van der Waals surface area contributed by atoms with Gasteiger partial charge in [0.2, 0.25) is 15.9 Å². The van der Waals surface area contributed by atoms with Gasteiger partial charge in [-0.05, 0) is 45.9 Å². The number of benzene rings is 1. The van der Waals surface area contributed by atoms with Crippen molar-refractivity contribution in [1.29, 1.82) is 0 Å². The number of rotatable bonds is 5. The van der Waals surface area contributed by atoms with E-state index in [1.165, 1.54) is 32.1 Å². The zero-order valence-electron chi connectivity index (χ0n) is 14.7. The third kappa shape index (κ3) is 3.62. The van der Waals surface area contributed by atoms with Gasteiger partial charge in [-0.25, -0.2) is 13.4 Å². The molecular formula is C16H18N4O4S2. The van der Waals surface area contributed by atoms with Crippen LogP contribution >= 0.6 is 11.3 Å². The van der Waals surface area contributed by atoms with E-state index in [4.69, 9.17) is 4.52 Å². The van der Waals surface area contributed by atoms with Crippen molar-refractivity contribution in [2.75, 3.05) is 5.32 Å². The smallest absolute Gasteiger partial charge is 0.246 e. The Morgan fingerprint density at radius 3 is 2.65 bits per heavy atom. The molecule has 0 fully saturated rings. The fourth-order valence-corrected chi connectivity index (χ4v) is 4.97. The van der Waals surface area contributed by atoms with Crippen LogP contribution in [-0.2, 0) is 14.8 Å². The van der Waals surface area contributed by atoms with Gasteiger partial charge in [-0.2, -0.15) is 4.72 Å². The van der Waals surface area contributed by atoms with Crippen molar-refractivity contribution in [2.45, 2.75) is 38.6 Å². The van der Waals surface area contributed by atoms with E-state index in [0.717, 1.165) is 15.2 Å². The molecule has 2 heterocycles. The van der Waals surface area contributed by atoms with Gasteiger partial charge in [0.25, 0.3) is 0 Å².